The molecule has 2 aromatic rings. The number of carbonyl (C=O) groups is 2. The summed E-state index contributed by atoms with van der Waals surface area (Å²) in [6, 6.07) is 9.49. The van der Waals surface area contributed by atoms with E-state index in [0.29, 0.717) is 39.9 Å². The van der Waals surface area contributed by atoms with Crippen LogP contribution in [-0.4, -0.2) is 56.6 Å². The van der Waals surface area contributed by atoms with E-state index in [1.807, 2.05) is 0 Å². The molecule has 4 fully saturated rings. The number of rotatable bonds is 8. The number of nitrogens with zero attached hydrogens (tertiary/aromatic N) is 1. The van der Waals surface area contributed by atoms with Crippen molar-refractivity contribution in [3.8, 4) is 11.5 Å². The van der Waals surface area contributed by atoms with Gasteiger partial charge in [-0.1, -0.05) is 35.3 Å². The Balaban J connectivity index is 0.000000335. The number of nitrogens with two attached hydrogens (primary N) is 1. The molecule has 3 aliphatic heterocycles. The van der Waals surface area contributed by atoms with E-state index in [-0.39, 0.29) is 12.3 Å². The van der Waals surface area contributed by atoms with Crippen LogP contribution in [0.1, 0.15) is 43.2 Å². The fraction of sp³-hybridized carbons (Fsp3) is 0.500. The van der Waals surface area contributed by atoms with E-state index in [4.69, 9.17) is 38.4 Å². The van der Waals surface area contributed by atoms with Crippen molar-refractivity contribution in [2.75, 3.05) is 33.9 Å². The molecule has 0 aromatic heterocycles. The van der Waals surface area contributed by atoms with Crippen molar-refractivity contribution >= 4 is 35.0 Å². The standard InChI is InChI=1S/C21H22Cl2N2O4.C7H13N/c1-28-17-6-3-12(10-18(17)29-2)9-16(19(24)26)25-20(27)21(7-8-21)14-5-4-13(22)11-15(14)23;1-4-8-5-2-7(1)3-6-8/h3-6,10-11,16H,7-9H2,1-2H3,(H2,24,26)(H,25,27);7H,1-6H2. The number of fused-ring (bicyclic) bond motifs is 3. The van der Waals surface area contributed by atoms with Crippen molar-refractivity contribution < 1.29 is 19.1 Å². The molecular weight excluding hydrogens is 513 g/mol. The second-order valence-corrected chi connectivity index (χ2v) is 10.9. The lowest BCUT2D eigenvalue weighted by Crippen LogP contribution is -2.49. The van der Waals surface area contributed by atoms with Crippen LogP contribution in [0.25, 0.3) is 0 Å². The second kappa shape index (κ2) is 11.9. The fourth-order valence-electron chi connectivity index (χ4n) is 5.25. The Labute approximate surface area is 228 Å². The first-order valence-corrected chi connectivity index (χ1v) is 13.5. The minimum absolute atomic E-state index is 0.228. The molecule has 7 nitrogen and oxygen atoms in total. The Morgan fingerprint density at radius 2 is 1.68 bits per heavy atom. The molecule has 3 N–H and O–H groups in total. The number of nitrogens with one attached hydrogen (secondary N) is 1. The molecule has 1 saturated carbocycles. The summed E-state index contributed by atoms with van der Waals surface area (Å²) in [5.74, 6) is 1.33. The van der Waals surface area contributed by atoms with E-state index in [1.165, 1.54) is 46.0 Å². The molecule has 3 saturated heterocycles. The van der Waals surface area contributed by atoms with Crippen molar-refractivity contribution in [1.82, 2.24) is 10.2 Å². The molecular formula is C28H35Cl2N3O4. The number of methoxy groups -OCH3 is 2. The maximum Gasteiger partial charge on any atom is 0.240 e. The molecule has 4 aliphatic rings. The molecule has 6 rings (SSSR count). The molecule has 200 valence electrons. The zero-order valence-electron chi connectivity index (χ0n) is 21.4. The first-order chi connectivity index (χ1) is 17.8. The lowest BCUT2D eigenvalue weighted by Gasteiger charge is -2.38. The van der Waals surface area contributed by atoms with Crippen LogP contribution in [0, 0.1) is 5.92 Å². The smallest absolute Gasteiger partial charge is 0.240 e. The third kappa shape index (κ3) is 6.51. The van der Waals surface area contributed by atoms with Gasteiger partial charge in [-0.2, -0.15) is 0 Å². The maximum atomic E-state index is 13.0. The molecule has 2 bridgehead atoms. The summed E-state index contributed by atoms with van der Waals surface area (Å²) < 4.78 is 10.5. The van der Waals surface area contributed by atoms with E-state index in [9.17, 15) is 9.59 Å². The largest absolute Gasteiger partial charge is 0.493 e. The molecule has 1 atom stereocenters. The Morgan fingerprint density at radius 1 is 1.03 bits per heavy atom. The summed E-state index contributed by atoms with van der Waals surface area (Å²) in [4.78, 5) is 27.6. The van der Waals surface area contributed by atoms with Gasteiger partial charge in [-0.25, -0.2) is 0 Å². The number of hydrogen-bond donors (Lipinski definition) is 2. The molecule has 9 heteroatoms. The minimum Gasteiger partial charge on any atom is -0.493 e. The van der Waals surface area contributed by atoms with Crippen LogP contribution < -0.4 is 20.5 Å². The zero-order chi connectivity index (χ0) is 26.6. The van der Waals surface area contributed by atoms with Gasteiger partial charge >= 0.3 is 0 Å². The summed E-state index contributed by atoms with van der Waals surface area (Å²) in [6.45, 7) is 4.18. The van der Waals surface area contributed by atoms with Gasteiger partial charge in [-0.05, 0) is 93.0 Å². The van der Waals surface area contributed by atoms with Gasteiger partial charge in [0.15, 0.2) is 11.5 Å². The van der Waals surface area contributed by atoms with Gasteiger partial charge in [-0.15, -0.1) is 0 Å². The van der Waals surface area contributed by atoms with Gasteiger partial charge in [-0.3, -0.25) is 9.59 Å². The van der Waals surface area contributed by atoms with Crippen LogP contribution >= 0.6 is 23.2 Å². The lowest BCUT2D eigenvalue weighted by molar-refractivity contribution is -0.128. The quantitative estimate of drug-likeness (QED) is 0.512. The highest BCUT2D eigenvalue weighted by atomic mass is 35.5. The number of piperidine rings is 3. The van der Waals surface area contributed by atoms with Gasteiger partial charge in [0, 0.05) is 16.5 Å². The zero-order valence-corrected chi connectivity index (χ0v) is 22.9. The predicted octanol–water partition coefficient (Wildman–Crippen LogP) is 4.36. The average molecular weight is 549 g/mol. The van der Waals surface area contributed by atoms with Crippen LogP contribution in [0.3, 0.4) is 0 Å². The summed E-state index contributed by atoms with van der Waals surface area (Å²) in [5, 5.41) is 3.73. The lowest BCUT2D eigenvalue weighted by atomic mass is 9.89. The van der Waals surface area contributed by atoms with E-state index in [1.54, 1.807) is 43.5 Å². The van der Waals surface area contributed by atoms with Crippen molar-refractivity contribution in [3.05, 3.63) is 57.6 Å². The van der Waals surface area contributed by atoms with Gasteiger partial charge in [0.05, 0.1) is 19.6 Å². The van der Waals surface area contributed by atoms with Crippen LogP contribution in [0.4, 0.5) is 0 Å². The second-order valence-electron chi connectivity index (χ2n) is 10.1. The van der Waals surface area contributed by atoms with Crippen LogP contribution in [0.5, 0.6) is 11.5 Å². The van der Waals surface area contributed by atoms with Gasteiger partial charge in [0.25, 0.3) is 0 Å². The molecule has 3 heterocycles. The highest BCUT2D eigenvalue weighted by Crippen LogP contribution is 2.51. The summed E-state index contributed by atoms with van der Waals surface area (Å²) >= 11 is 12.3. The Kier molecular flexibility index (Phi) is 8.88. The first kappa shape index (κ1) is 27.6. The Bertz CT molecular complexity index is 1110. The summed E-state index contributed by atoms with van der Waals surface area (Å²) in [5.41, 5.74) is 6.28. The summed E-state index contributed by atoms with van der Waals surface area (Å²) in [6.07, 6.45) is 5.97. The highest BCUT2D eigenvalue weighted by molar-refractivity contribution is 6.35. The Morgan fingerprint density at radius 3 is 2.14 bits per heavy atom. The van der Waals surface area contributed by atoms with Crippen LogP contribution in [-0.2, 0) is 21.4 Å². The van der Waals surface area contributed by atoms with E-state index in [0.717, 1.165) is 11.5 Å². The number of hydrogen-bond acceptors (Lipinski definition) is 5. The number of ether oxygens (including phenoxy) is 2. The number of halogens is 2. The number of primary amides is 1. The monoisotopic (exact) mass is 547 g/mol. The Hall–Kier alpha value is -2.48. The number of benzene rings is 2. The maximum absolute atomic E-state index is 13.0. The van der Waals surface area contributed by atoms with Gasteiger partial charge < -0.3 is 25.4 Å². The highest BCUT2D eigenvalue weighted by Gasteiger charge is 2.53. The topological polar surface area (TPSA) is 93.9 Å². The minimum atomic E-state index is -0.871. The third-order valence-corrected chi connectivity index (χ3v) is 8.28. The van der Waals surface area contributed by atoms with Crippen molar-refractivity contribution in [1.29, 1.82) is 0 Å². The molecule has 1 aliphatic carbocycles. The average Bonchev–Trinajstić information content (AvgIpc) is 3.71. The first-order valence-electron chi connectivity index (χ1n) is 12.7. The number of carbonyl (C=O) groups excluding carboxylic acids is 2. The fourth-order valence-corrected chi connectivity index (χ4v) is 5.84. The van der Waals surface area contributed by atoms with Crippen LogP contribution in [0.2, 0.25) is 10.0 Å². The van der Waals surface area contributed by atoms with Crippen LogP contribution in [0.15, 0.2) is 36.4 Å². The molecule has 1 unspecified atom stereocenters. The van der Waals surface area contributed by atoms with E-state index in [2.05, 4.69) is 10.2 Å². The molecule has 0 radical (unpaired) electrons. The van der Waals surface area contributed by atoms with Gasteiger partial charge in [0.1, 0.15) is 6.04 Å². The number of amides is 2. The normalized spacial score (nSPS) is 21.7. The molecule has 2 aromatic carbocycles. The van der Waals surface area contributed by atoms with Crippen molar-refractivity contribution in [2.24, 2.45) is 11.7 Å². The third-order valence-electron chi connectivity index (χ3n) is 7.73. The van der Waals surface area contributed by atoms with Crippen molar-refractivity contribution in [2.45, 2.75) is 50.0 Å². The SMILES string of the molecule is C1CN2CCC1CC2.COc1ccc(CC(NC(=O)C2(c3ccc(Cl)cc3Cl)CC2)C(N)=O)cc1OC. The van der Waals surface area contributed by atoms with Crippen molar-refractivity contribution in [3.63, 3.8) is 0 Å². The molecule has 2 amide bonds. The van der Waals surface area contributed by atoms with Gasteiger partial charge in [0.2, 0.25) is 11.8 Å². The van der Waals surface area contributed by atoms with E-state index < -0.39 is 17.4 Å². The van der Waals surface area contributed by atoms with E-state index >= 15 is 0 Å². The molecule has 37 heavy (non-hydrogen) atoms. The summed E-state index contributed by atoms with van der Waals surface area (Å²) in [7, 11) is 3.07. The molecule has 0 spiro atoms. The predicted molar refractivity (Wildman–Crippen MR) is 146 cm³/mol.